The molecule has 16 heavy (non-hydrogen) atoms. The lowest BCUT2D eigenvalue weighted by Crippen LogP contribution is -2.35. The van der Waals surface area contributed by atoms with Crippen LogP contribution in [0.3, 0.4) is 0 Å². The molecule has 0 aromatic rings. The highest BCUT2D eigenvalue weighted by Crippen LogP contribution is 2.17. The molecule has 0 aromatic heterocycles. The minimum absolute atomic E-state index is 0.247. The molecule has 0 saturated carbocycles. The molecule has 0 aliphatic heterocycles. The maximum Gasteiger partial charge on any atom is 0.0589 e. The van der Waals surface area contributed by atoms with Gasteiger partial charge in [-0.1, -0.05) is 12.2 Å². The van der Waals surface area contributed by atoms with Crippen LogP contribution in [-0.2, 0) is 9.47 Å². The third-order valence-corrected chi connectivity index (χ3v) is 2.92. The minimum atomic E-state index is 0.247. The number of methoxy groups -OCH3 is 2. The van der Waals surface area contributed by atoms with Crippen LogP contribution in [-0.4, -0.2) is 58.0 Å². The Hall–Kier alpha value is -0.420. The molecular formula is C12H24N2O2. The van der Waals surface area contributed by atoms with E-state index in [-0.39, 0.29) is 6.04 Å². The molecule has 0 fully saturated rings. The average Bonchev–Trinajstić information content (AvgIpc) is 2.68. The Kier molecular flexibility index (Phi) is 6.64. The SMILES string of the molecule is COCCN(CCOC)CC1C=CC(N)C1. The summed E-state index contributed by atoms with van der Waals surface area (Å²) in [7, 11) is 3.47. The molecule has 4 heteroatoms. The Bertz CT molecular complexity index is 201. The monoisotopic (exact) mass is 228 g/mol. The predicted octanol–water partition coefficient (Wildman–Crippen LogP) is 0.485. The first-order chi connectivity index (χ1) is 7.76. The Morgan fingerprint density at radius 2 is 1.81 bits per heavy atom. The summed E-state index contributed by atoms with van der Waals surface area (Å²) < 4.78 is 10.2. The molecule has 94 valence electrons. The fourth-order valence-electron chi connectivity index (χ4n) is 2.01. The quantitative estimate of drug-likeness (QED) is 0.614. The van der Waals surface area contributed by atoms with Crippen LogP contribution in [0.4, 0.5) is 0 Å². The summed E-state index contributed by atoms with van der Waals surface area (Å²) in [6, 6.07) is 0.247. The van der Waals surface area contributed by atoms with E-state index in [0.29, 0.717) is 5.92 Å². The van der Waals surface area contributed by atoms with E-state index in [0.717, 1.165) is 39.3 Å². The third kappa shape index (κ3) is 5.07. The topological polar surface area (TPSA) is 47.7 Å². The molecule has 0 heterocycles. The molecule has 0 spiro atoms. The fourth-order valence-corrected chi connectivity index (χ4v) is 2.01. The maximum atomic E-state index is 5.85. The standard InChI is InChI=1S/C12H24N2O2/c1-15-7-5-14(6-8-16-2)10-11-3-4-12(13)9-11/h3-4,11-12H,5-10,13H2,1-2H3. The molecule has 2 N–H and O–H groups in total. The van der Waals surface area contributed by atoms with Crippen molar-refractivity contribution in [2.24, 2.45) is 11.7 Å². The van der Waals surface area contributed by atoms with E-state index < -0.39 is 0 Å². The number of hydrogen-bond donors (Lipinski definition) is 1. The molecule has 0 amide bonds. The van der Waals surface area contributed by atoms with E-state index in [2.05, 4.69) is 17.1 Å². The van der Waals surface area contributed by atoms with E-state index in [9.17, 15) is 0 Å². The van der Waals surface area contributed by atoms with Crippen LogP contribution in [0.15, 0.2) is 12.2 Å². The van der Waals surface area contributed by atoms with Gasteiger partial charge in [-0.2, -0.15) is 0 Å². The summed E-state index contributed by atoms with van der Waals surface area (Å²) in [6.45, 7) is 4.51. The van der Waals surface area contributed by atoms with Crippen LogP contribution in [0.1, 0.15) is 6.42 Å². The summed E-state index contributed by atoms with van der Waals surface area (Å²) in [6.07, 6.45) is 5.41. The van der Waals surface area contributed by atoms with Gasteiger partial charge in [0.25, 0.3) is 0 Å². The lowest BCUT2D eigenvalue weighted by Gasteiger charge is -2.24. The normalized spacial score (nSPS) is 24.5. The van der Waals surface area contributed by atoms with Crippen molar-refractivity contribution in [2.45, 2.75) is 12.5 Å². The first-order valence-corrected chi connectivity index (χ1v) is 5.90. The maximum absolute atomic E-state index is 5.85. The van der Waals surface area contributed by atoms with Gasteiger partial charge in [0.15, 0.2) is 0 Å². The van der Waals surface area contributed by atoms with Crippen molar-refractivity contribution in [1.29, 1.82) is 0 Å². The number of rotatable bonds is 8. The minimum Gasteiger partial charge on any atom is -0.383 e. The lowest BCUT2D eigenvalue weighted by molar-refractivity contribution is 0.107. The summed E-state index contributed by atoms with van der Waals surface area (Å²) in [5.41, 5.74) is 5.85. The zero-order chi connectivity index (χ0) is 11.8. The van der Waals surface area contributed by atoms with Gasteiger partial charge in [-0.05, 0) is 12.3 Å². The van der Waals surface area contributed by atoms with E-state index >= 15 is 0 Å². The number of hydrogen-bond acceptors (Lipinski definition) is 4. The smallest absolute Gasteiger partial charge is 0.0589 e. The Morgan fingerprint density at radius 1 is 1.19 bits per heavy atom. The Balaban J connectivity index is 2.27. The van der Waals surface area contributed by atoms with Gasteiger partial charge in [0.05, 0.1) is 13.2 Å². The van der Waals surface area contributed by atoms with Crippen molar-refractivity contribution >= 4 is 0 Å². The molecule has 0 bridgehead atoms. The molecule has 0 radical (unpaired) electrons. The molecular weight excluding hydrogens is 204 g/mol. The highest BCUT2D eigenvalue weighted by Gasteiger charge is 2.18. The first kappa shape index (κ1) is 13.6. The predicted molar refractivity (Wildman–Crippen MR) is 65.4 cm³/mol. The summed E-state index contributed by atoms with van der Waals surface area (Å²) in [5.74, 6) is 0.587. The van der Waals surface area contributed by atoms with E-state index in [1.807, 2.05) is 0 Å². The van der Waals surface area contributed by atoms with Gasteiger partial charge in [0.2, 0.25) is 0 Å². The second-order valence-electron chi connectivity index (χ2n) is 4.33. The van der Waals surface area contributed by atoms with Gasteiger partial charge in [-0.3, -0.25) is 4.90 Å². The first-order valence-electron chi connectivity index (χ1n) is 5.90. The molecule has 0 saturated heterocycles. The third-order valence-electron chi connectivity index (χ3n) is 2.92. The molecule has 0 aromatic carbocycles. The molecule has 4 nitrogen and oxygen atoms in total. The molecule has 2 unspecified atom stereocenters. The zero-order valence-corrected chi connectivity index (χ0v) is 10.4. The van der Waals surface area contributed by atoms with Crippen molar-refractivity contribution in [3.63, 3.8) is 0 Å². The highest BCUT2D eigenvalue weighted by atomic mass is 16.5. The van der Waals surface area contributed by atoms with Crippen molar-refractivity contribution < 1.29 is 9.47 Å². The van der Waals surface area contributed by atoms with Crippen molar-refractivity contribution in [3.8, 4) is 0 Å². The number of ether oxygens (including phenoxy) is 2. The van der Waals surface area contributed by atoms with Gasteiger partial charge in [-0.25, -0.2) is 0 Å². The highest BCUT2D eigenvalue weighted by molar-refractivity contribution is 5.05. The van der Waals surface area contributed by atoms with Gasteiger partial charge >= 0.3 is 0 Å². The number of nitrogens with two attached hydrogens (primary N) is 1. The van der Waals surface area contributed by atoms with Crippen molar-refractivity contribution in [1.82, 2.24) is 4.90 Å². The van der Waals surface area contributed by atoms with Crippen molar-refractivity contribution in [2.75, 3.05) is 47.1 Å². The van der Waals surface area contributed by atoms with Gasteiger partial charge in [0.1, 0.15) is 0 Å². The largest absolute Gasteiger partial charge is 0.383 e. The van der Waals surface area contributed by atoms with Crippen molar-refractivity contribution in [3.05, 3.63) is 12.2 Å². The lowest BCUT2D eigenvalue weighted by atomic mass is 10.1. The molecule has 1 aliphatic rings. The second-order valence-corrected chi connectivity index (χ2v) is 4.33. The number of nitrogens with zero attached hydrogens (tertiary/aromatic N) is 1. The van der Waals surface area contributed by atoms with E-state index in [4.69, 9.17) is 15.2 Å². The van der Waals surface area contributed by atoms with Crippen LogP contribution < -0.4 is 5.73 Å². The fraction of sp³-hybridized carbons (Fsp3) is 0.833. The Morgan fingerprint density at radius 3 is 2.25 bits per heavy atom. The van der Waals surface area contributed by atoms with Gasteiger partial charge in [-0.15, -0.1) is 0 Å². The van der Waals surface area contributed by atoms with E-state index in [1.54, 1.807) is 14.2 Å². The van der Waals surface area contributed by atoms with Crippen LogP contribution >= 0.6 is 0 Å². The molecule has 2 atom stereocenters. The zero-order valence-electron chi connectivity index (χ0n) is 10.4. The van der Waals surface area contributed by atoms with Crippen LogP contribution in [0.5, 0.6) is 0 Å². The Labute approximate surface area is 98.4 Å². The van der Waals surface area contributed by atoms with E-state index in [1.165, 1.54) is 0 Å². The van der Waals surface area contributed by atoms with Gasteiger partial charge < -0.3 is 15.2 Å². The van der Waals surface area contributed by atoms with Crippen LogP contribution in [0.25, 0.3) is 0 Å². The van der Waals surface area contributed by atoms with Crippen LogP contribution in [0.2, 0.25) is 0 Å². The molecule has 1 aliphatic carbocycles. The summed E-state index contributed by atoms with van der Waals surface area (Å²) >= 11 is 0. The van der Waals surface area contributed by atoms with Crippen LogP contribution in [0, 0.1) is 5.92 Å². The second kappa shape index (κ2) is 7.79. The summed E-state index contributed by atoms with van der Waals surface area (Å²) in [4.78, 5) is 2.38. The molecule has 1 rings (SSSR count). The van der Waals surface area contributed by atoms with Gasteiger partial charge in [0, 0.05) is 39.9 Å². The average molecular weight is 228 g/mol. The summed E-state index contributed by atoms with van der Waals surface area (Å²) in [5, 5.41) is 0.